The molecular formula is C26H32N2O3. The second-order valence-corrected chi connectivity index (χ2v) is 8.48. The van der Waals surface area contributed by atoms with E-state index in [2.05, 4.69) is 22.3 Å². The van der Waals surface area contributed by atoms with E-state index < -0.39 is 0 Å². The number of nitrogens with one attached hydrogen (secondary N) is 1. The number of nitrogens with zero attached hydrogens (tertiary/aromatic N) is 1. The molecule has 0 aromatic heterocycles. The standard InChI is InChI=1S/C26H32N2O3/c1-30-24-12-8-20(16-25(24)31-2)14-15-28-22-10-11-23(28)18-21(17-22)27-26(29)13-9-19-6-4-3-5-7-19/h3-9,12-13,16,21-23H,10-11,14-15,17-18H2,1-2H3,(H,27,29)/b13-9+. The fourth-order valence-corrected chi connectivity index (χ4v) is 5.04. The second kappa shape index (κ2) is 10.0. The van der Waals surface area contributed by atoms with Crippen LogP contribution in [0.25, 0.3) is 6.08 Å². The number of methoxy groups -OCH3 is 2. The number of fused-ring (bicyclic) bond motifs is 2. The molecule has 2 aromatic carbocycles. The smallest absolute Gasteiger partial charge is 0.244 e. The van der Waals surface area contributed by atoms with Crippen molar-refractivity contribution in [3.05, 3.63) is 65.7 Å². The molecule has 2 aromatic rings. The monoisotopic (exact) mass is 420 g/mol. The van der Waals surface area contributed by atoms with Crippen LogP contribution in [0.5, 0.6) is 11.5 Å². The van der Waals surface area contributed by atoms with Crippen LogP contribution in [0.15, 0.2) is 54.6 Å². The lowest BCUT2D eigenvalue weighted by atomic mass is 9.96. The number of carbonyl (C=O) groups excluding carboxylic acids is 1. The van der Waals surface area contributed by atoms with Crippen LogP contribution in [0.1, 0.15) is 36.8 Å². The summed E-state index contributed by atoms with van der Waals surface area (Å²) in [5.74, 6) is 1.56. The summed E-state index contributed by atoms with van der Waals surface area (Å²) in [5.41, 5.74) is 2.31. The van der Waals surface area contributed by atoms with E-state index in [9.17, 15) is 4.79 Å². The molecule has 164 valence electrons. The minimum atomic E-state index is 0.00651. The summed E-state index contributed by atoms with van der Waals surface area (Å²) in [6.45, 7) is 1.04. The van der Waals surface area contributed by atoms with E-state index in [4.69, 9.17) is 9.47 Å². The lowest BCUT2D eigenvalue weighted by Crippen LogP contribution is -2.50. The van der Waals surface area contributed by atoms with Gasteiger partial charge in [-0.05, 0) is 61.4 Å². The van der Waals surface area contributed by atoms with Crippen molar-refractivity contribution < 1.29 is 14.3 Å². The van der Waals surface area contributed by atoms with E-state index in [1.807, 2.05) is 42.5 Å². The Labute approximate surface area is 185 Å². The fraction of sp³-hybridized carbons (Fsp3) is 0.423. The van der Waals surface area contributed by atoms with E-state index in [1.54, 1.807) is 20.3 Å². The van der Waals surface area contributed by atoms with Crippen molar-refractivity contribution in [2.45, 2.75) is 50.2 Å². The highest BCUT2D eigenvalue weighted by Crippen LogP contribution is 2.36. The van der Waals surface area contributed by atoms with Gasteiger partial charge in [0.2, 0.25) is 5.91 Å². The molecule has 2 heterocycles. The van der Waals surface area contributed by atoms with Gasteiger partial charge in [0.05, 0.1) is 14.2 Å². The van der Waals surface area contributed by atoms with Crippen molar-refractivity contribution in [1.29, 1.82) is 0 Å². The Morgan fingerprint density at radius 1 is 1.03 bits per heavy atom. The van der Waals surface area contributed by atoms with Crippen LogP contribution >= 0.6 is 0 Å². The summed E-state index contributed by atoms with van der Waals surface area (Å²) in [5, 5.41) is 3.23. The summed E-state index contributed by atoms with van der Waals surface area (Å²) >= 11 is 0. The third-order valence-electron chi connectivity index (χ3n) is 6.56. The van der Waals surface area contributed by atoms with Gasteiger partial charge in [0.25, 0.3) is 0 Å². The Bertz CT molecular complexity index is 898. The molecule has 5 heteroatoms. The Balaban J connectivity index is 1.29. The number of rotatable bonds is 8. The molecule has 5 nitrogen and oxygen atoms in total. The Morgan fingerprint density at radius 3 is 2.42 bits per heavy atom. The van der Waals surface area contributed by atoms with E-state index >= 15 is 0 Å². The van der Waals surface area contributed by atoms with Gasteiger partial charge in [-0.15, -0.1) is 0 Å². The Hall–Kier alpha value is -2.79. The zero-order valence-electron chi connectivity index (χ0n) is 18.4. The number of benzene rings is 2. The molecule has 2 aliphatic heterocycles. The molecule has 2 bridgehead atoms. The molecule has 0 saturated carbocycles. The highest BCUT2D eigenvalue weighted by molar-refractivity contribution is 5.91. The summed E-state index contributed by atoms with van der Waals surface area (Å²) in [6, 6.07) is 17.5. The van der Waals surface area contributed by atoms with Gasteiger partial charge in [-0.25, -0.2) is 0 Å². The molecule has 2 fully saturated rings. The van der Waals surface area contributed by atoms with Gasteiger partial charge < -0.3 is 14.8 Å². The van der Waals surface area contributed by atoms with Gasteiger partial charge in [0.15, 0.2) is 11.5 Å². The highest BCUT2D eigenvalue weighted by Gasteiger charge is 2.40. The predicted octanol–water partition coefficient (Wildman–Crippen LogP) is 4.07. The average molecular weight is 421 g/mol. The van der Waals surface area contributed by atoms with Crippen molar-refractivity contribution in [3.8, 4) is 11.5 Å². The van der Waals surface area contributed by atoms with Crippen LogP contribution in [0.2, 0.25) is 0 Å². The maximum atomic E-state index is 12.4. The molecule has 4 rings (SSSR count). The van der Waals surface area contributed by atoms with Crippen molar-refractivity contribution in [2.75, 3.05) is 20.8 Å². The molecule has 31 heavy (non-hydrogen) atoms. The van der Waals surface area contributed by atoms with E-state index in [-0.39, 0.29) is 11.9 Å². The number of amides is 1. The van der Waals surface area contributed by atoms with Crippen LogP contribution in [0.3, 0.4) is 0 Å². The number of hydrogen-bond donors (Lipinski definition) is 1. The van der Waals surface area contributed by atoms with Crippen LogP contribution in [-0.4, -0.2) is 49.7 Å². The minimum absolute atomic E-state index is 0.00651. The lowest BCUT2D eigenvalue weighted by molar-refractivity contribution is -0.117. The van der Waals surface area contributed by atoms with Crippen molar-refractivity contribution in [3.63, 3.8) is 0 Å². The number of piperidine rings is 1. The third kappa shape index (κ3) is 5.28. The molecular weight excluding hydrogens is 388 g/mol. The van der Waals surface area contributed by atoms with Gasteiger partial charge in [-0.3, -0.25) is 9.69 Å². The van der Waals surface area contributed by atoms with Gasteiger partial charge in [-0.1, -0.05) is 36.4 Å². The predicted molar refractivity (Wildman–Crippen MR) is 123 cm³/mol. The van der Waals surface area contributed by atoms with Crippen LogP contribution in [0, 0.1) is 0 Å². The minimum Gasteiger partial charge on any atom is -0.493 e. The largest absolute Gasteiger partial charge is 0.493 e. The molecule has 0 radical (unpaired) electrons. The van der Waals surface area contributed by atoms with Gasteiger partial charge >= 0.3 is 0 Å². The van der Waals surface area contributed by atoms with Gasteiger partial charge in [-0.2, -0.15) is 0 Å². The van der Waals surface area contributed by atoms with E-state index in [1.165, 1.54) is 18.4 Å². The first-order valence-corrected chi connectivity index (χ1v) is 11.2. The van der Waals surface area contributed by atoms with E-state index in [0.717, 1.165) is 42.9 Å². The topological polar surface area (TPSA) is 50.8 Å². The highest BCUT2D eigenvalue weighted by atomic mass is 16.5. The first-order valence-electron chi connectivity index (χ1n) is 11.2. The third-order valence-corrected chi connectivity index (χ3v) is 6.56. The summed E-state index contributed by atoms with van der Waals surface area (Å²) < 4.78 is 10.8. The summed E-state index contributed by atoms with van der Waals surface area (Å²) in [6.07, 6.45) is 9.04. The Kier molecular flexibility index (Phi) is 6.92. The quantitative estimate of drug-likeness (QED) is 0.654. The van der Waals surface area contributed by atoms with E-state index in [0.29, 0.717) is 12.1 Å². The molecule has 0 spiro atoms. The summed E-state index contributed by atoms with van der Waals surface area (Å²) in [4.78, 5) is 15.0. The molecule has 2 unspecified atom stereocenters. The van der Waals surface area contributed by atoms with Crippen molar-refractivity contribution in [2.24, 2.45) is 0 Å². The first-order chi connectivity index (χ1) is 15.2. The zero-order valence-corrected chi connectivity index (χ0v) is 18.4. The lowest BCUT2D eigenvalue weighted by Gasteiger charge is -2.39. The normalized spacial score (nSPS) is 23.1. The van der Waals surface area contributed by atoms with Crippen LogP contribution < -0.4 is 14.8 Å². The molecule has 2 atom stereocenters. The SMILES string of the molecule is COc1ccc(CCN2C3CCC2CC(NC(=O)/C=C/c2ccccc2)C3)cc1OC. The molecule has 2 aliphatic rings. The first kappa shape index (κ1) is 21.4. The maximum Gasteiger partial charge on any atom is 0.244 e. The molecule has 1 amide bonds. The maximum absolute atomic E-state index is 12.4. The number of hydrogen-bond acceptors (Lipinski definition) is 4. The summed E-state index contributed by atoms with van der Waals surface area (Å²) in [7, 11) is 3.34. The van der Waals surface area contributed by atoms with Crippen molar-refractivity contribution >= 4 is 12.0 Å². The average Bonchev–Trinajstić information content (AvgIpc) is 3.04. The van der Waals surface area contributed by atoms with Crippen LogP contribution in [0.4, 0.5) is 0 Å². The van der Waals surface area contributed by atoms with Gasteiger partial charge in [0, 0.05) is 30.7 Å². The second-order valence-electron chi connectivity index (χ2n) is 8.48. The Morgan fingerprint density at radius 2 is 1.74 bits per heavy atom. The number of ether oxygens (including phenoxy) is 2. The number of carbonyl (C=O) groups is 1. The molecule has 1 N–H and O–H groups in total. The van der Waals surface area contributed by atoms with Crippen molar-refractivity contribution in [1.82, 2.24) is 10.2 Å². The molecule has 2 saturated heterocycles. The molecule has 0 aliphatic carbocycles. The fourth-order valence-electron chi connectivity index (χ4n) is 5.04. The van der Waals surface area contributed by atoms with Crippen LogP contribution in [-0.2, 0) is 11.2 Å². The van der Waals surface area contributed by atoms with Gasteiger partial charge in [0.1, 0.15) is 0 Å². The zero-order chi connectivity index (χ0) is 21.6.